The summed E-state index contributed by atoms with van der Waals surface area (Å²) in [5, 5.41) is 13.2. The van der Waals surface area contributed by atoms with Gasteiger partial charge in [0.05, 0.1) is 0 Å². The number of hydrogen-bond acceptors (Lipinski definition) is 2. The van der Waals surface area contributed by atoms with Crippen LogP contribution in [0.3, 0.4) is 0 Å². The van der Waals surface area contributed by atoms with Gasteiger partial charge in [-0.15, -0.1) is 0 Å². The molecule has 0 fully saturated rings. The average molecular weight is 260 g/mol. The predicted octanol–water partition coefficient (Wildman–Crippen LogP) is 2.69. The average Bonchev–Trinajstić information content (AvgIpc) is 2.73. The first-order chi connectivity index (χ1) is 9.13. The van der Waals surface area contributed by atoms with Crippen molar-refractivity contribution in [2.45, 2.75) is 25.3 Å². The van der Waals surface area contributed by atoms with Gasteiger partial charge in [0.1, 0.15) is 0 Å². The van der Waals surface area contributed by atoms with E-state index in [1.807, 2.05) is 26.2 Å². The number of rotatable bonds is 6. The molecule has 0 saturated carbocycles. The quantitative estimate of drug-likeness (QED) is 0.839. The molecule has 0 aliphatic heterocycles. The highest BCUT2D eigenvalue weighted by molar-refractivity contribution is 5.84. The summed E-state index contributed by atoms with van der Waals surface area (Å²) in [6, 6.07) is 8.49. The molecule has 0 radical (unpaired) electrons. The standard InChI is InChI=1S/C15H20N2O2/c1-16-13(7-5-9-15(18)19)12-10-17(2)14-8-4-3-6-11(12)14/h3-4,6,8,10,13,16H,5,7,9H2,1-2H3,(H,18,19). The number of carboxylic acid groups (broad SMARTS) is 1. The van der Waals surface area contributed by atoms with Crippen molar-refractivity contribution in [2.75, 3.05) is 7.05 Å². The maximum Gasteiger partial charge on any atom is 0.303 e. The minimum Gasteiger partial charge on any atom is -0.481 e. The number of aliphatic carboxylic acids is 1. The van der Waals surface area contributed by atoms with Gasteiger partial charge in [0.25, 0.3) is 0 Å². The molecule has 1 heterocycles. The Hall–Kier alpha value is -1.81. The highest BCUT2D eigenvalue weighted by atomic mass is 16.4. The van der Waals surface area contributed by atoms with Crippen LogP contribution in [0, 0.1) is 0 Å². The summed E-state index contributed by atoms with van der Waals surface area (Å²) >= 11 is 0. The molecule has 0 bridgehead atoms. The summed E-state index contributed by atoms with van der Waals surface area (Å²) in [4.78, 5) is 10.6. The maximum atomic E-state index is 10.6. The van der Waals surface area contributed by atoms with E-state index in [0.717, 1.165) is 6.42 Å². The van der Waals surface area contributed by atoms with E-state index in [9.17, 15) is 4.79 Å². The molecule has 1 atom stereocenters. The van der Waals surface area contributed by atoms with E-state index in [1.165, 1.54) is 16.5 Å². The number of benzene rings is 1. The normalized spacial score (nSPS) is 12.7. The molecule has 2 rings (SSSR count). The molecule has 102 valence electrons. The first-order valence-corrected chi connectivity index (χ1v) is 6.56. The largest absolute Gasteiger partial charge is 0.481 e. The van der Waals surface area contributed by atoms with Gasteiger partial charge in [-0.3, -0.25) is 4.79 Å². The van der Waals surface area contributed by atoms with Crippen LogP contribution in [0.1, 0.15) is 30.9 Å². The second-order valence-corrected chi connectivity index (χ2v) is 4.84. The van der Waals surface area contributed by atoms with Crippen molar-refractivity contribution in [2.24, 2.45) is 7.05 Å². The van der Waals surface area contributed by atoms with Crippen LogP contribution < -0.4 is 5.32 Å². The van der Waals surface area contributed by atoms with Crippen LogP contribution in [0.2, 0.25) is 0 Å². The molecule has 0 spiro atoms. The molecule has 0 aliphatic carbocycles. The van der Waals surface area contributed by atoms with E-state index < -0.39 is 5.97 Å². The third-order valence-electron chi connectivity index (χ3n) is 3.54. The Morgan fingerprint density at radius 3 is 2.84 bits per heavy atom. The van der Waals surface area contributed by atoms with Gasteiger partial charge in [0.15, 0.2) is 0 Å². The van der Waals surface area contributed by atoms with Gasteiger partial charge in [-0.05, 0) is 31.5 Å². The van der Waals surface area contributed by atoms with Crippen molar-refractivity contribution >= 4 is 16.9 Å². The number of aromatic nitrogens is 1. The third-order valence-corrected chi connectivity index (χ3v) is 3.54. The number of nitrogens with zero attached hydrogens (tertiary/aromatic N) is 1. The van der Waals surface area contributed by atoms with Crippen molar-refractivity contribution in [3.63, 3.8) is 0 Å². The van der Waals surface area contributed by atoms with Crippen LogP contribution >= 0.6 is 0 Å². The molecule has 2 N–H and O–H groups in total. The Balaban J connectivity index is 2.23. The second-order valence-electron chi connectivity index (χ2n) is 4.84. The zero-order valence-corrected chi connectivity index (χ0v) is 11.4. The van der Waals surface area contributed by atoms with Gasteiger partial charge < -0.3 is 15.0 Å². The number of nitrogens with one attached hydrogen (secondary N) is 1. The number of fused-ring (bicyclic) bond motifs is 1. The van der Waals surface area contributed by atoms with Crippen LogP contribution in [0.5, 0.6) is 0 Å². The highest BCUT2D eigenvalue weighted by Gasteiger charge is 2.15. The lowest BCUT2D eigenvalue weighted by Gasteiger charge is -2.15. The Labute approximate surface area is 113 Å². The zero-order valence-electron chi connectivity index (χ0n) is 11.4. The summed E-state index contributed by atoms with van der Waals surface area (Å²) in [7, 11) is 3.96. The lowest BCUT2D eigenvalue weighted by Crippen LogP contribution is -2.16. The summed E-state index contributed by atoms with van der Waals surface area (Å²) in [5.41, 5.74) is 2.45. The molecule has 1 unspecified atom stereocenters. The van der Waals surface area contributed by atoms with Crippen LogP contribution in [0.25, 0.3) is 10.9 Å². The molecule has 0 saturated heterocycles. The molecular formula is C15H20N2O2. The molecule has 2 aromatic rings. The van der Waals surface area contributed by atoms with E-state index in [2.05, 4.69) is 28.2 Å². The Morgan fingerprint density at radius 1 is 1.42 bits per heavy atom. The van der Waals surface area contributed by atoms with Gasteiger partial charge in [-0.2, -0.15) is 0 Å². The Morgan fingerprint density at radius 2 is 2.16 bits per heavy atom. The summed E-state index contributed by atoms with van der Waals surface area (Å²) in [6.07, 6.45) is 3.87. The zero-order chi connectivity index (χ0) is 13.8. The van der Waals surface area contributed by atoms with Crippen molar-refractivity contribution in [1.82, 2.24) is 9.88 Å². The third kappa shape index (κ3) is 2.96. The van der Waals surface area contributed by atoms with Gasteiger partial charge in [-0.1, -0.05) is 18.2 Å². The van der Waals surface area contributed by atoms with Gasteiger partial charge in [0, 0.05) is 36.6 Å². The molecule has 1 aromatic heterocycles. The van der Waals surface area contributed by atoms with Crippen molar-refractivity contribution < 1.29 is 9.90 Å². The highest BCUT2D eigenvalue weighted by Crippen LogP contribution is 2.28. The van der Waals surface area contributed by atoms with E-state index in [4.69, 9.17) is 5.11 Å². The summed E-state index contributed by atoms with van der Waals surface area (Å²) in [5.74, 6) is -0.729. The lowest BCUT2D eigenvalue weighted by atomic mass is 10.0. The number of para-hydroxylation sites is 1. The minimum atomic E-state index is -0.729. The van der Waals surface area contributed by atoms with Crippen LogP contribution in [-0.4, -0.2) is 22.7 Å². The van der Waals surface area contributed by atoms with Gasteiger partial charge in [0.2, 0.25) is 0 Å². The molecule has 19 heavy (non-hydrogen) atoms. The van der Waals surface area contributed by atoms with Crippen LogP contribution in [0.15, 0.2) is 30.5 Å². The fourth-order valence-corrected chi connectivity index (χ4v) is 2.56. The topological polar surface area (TPSA) is 54.3 Å². The first kappa shape index (κ1) is 13.6. The summed E-state index contributed by atoms with van der Waals surface area (Å²) < 4.78 is 2.12. The predicted molar refractivity (Wildman–Crippen MR) is 76.2 cm³/mol. The smallest absolute Gasteiger partial charge is 0.303 e. The Bertz CT molecular complexity index is 575. The second kappa shape index (κ2) is 5.89. The van der Waals surface area contributed by atoms with Crippen molar-refractivity contribution in [1.29, 1.82) is 0 Å². The molecule has 0 amide bonds. The number of hydrogen-bond donors (Lipinski definition) is 2. The SMILES string of the molecule is CNC(CCCC(=O)O)c1cn(C)c2ccccc12. The first-order valence-electron chi connectivity index (χ1n) is 6.56. The van der Waals surface area contributed by atoms with E-state index >= 15 is 0 Å². The van der Waals surface area contributed by atoms with Gasteiger partial charge >= 0.3 is 5.97 Å². The molecule has 4 nitrogen and oxygen atoms in total. The fourth-order valence-electron chi connectivity index (χ4n) is 2.56. The van der Waals surface area contributed by atoms with Crippen LogP contribution in [-0.2, 0) is 11.8 Å². The monoisotopic (exact) mass is 260 g/mol. The van der Waals surface area contributed by atoms with Crippen molar-refractivity contribution in [3.05, 3.63) is 36.0 Å². The van der Waals surface area contributed by atoms with Gasteiger partial charge in [-0.25, -0.2) is 0 Å². The van der Waals surface area contributed by atoms with Crippen LogP contribution in [0.4, 0.5) is 0 Å². The number of carbonyl (C=O) groups is 1. The maximum absolute atomic E-state index is 10.6. The van der Waals surface area contributed by atoms with E-state index in [0.29, 0.717) is 6.42 Å². The van der Waals surface area contributed by atoms with Crippen molar-refractivity contribution in [3.8, 4) is 0 Å². The molecule has 4 heteroatoms. The molecule has 0 aliphatic rings. The molecule has 1 aromatic carbocycles. The fraction of sp³-hybridized carbons (Fsp3) is 0.400. The molecular weight excluding hydrogens is 240 g/mol. The summed E-state index contributed by atoms with van der Waals surface area (Å²) in [6.45, 7) is 0. The Kier molecular flexibility index (Phi) is 4.22. The number of aryl methyl sites for hydroxylation is 1. The minimum absolute atomic E-state index is 0.199. The number of carboxylic acids is 1. The van der Waals surface area contributed by atoms with E-state index in [1.54, 1.807) is 0 Å². The lowest BCUT2D eigenvalue weighted by molar-refractivity contribution is -0.137. The van der Waals surface area contributed by atoms with E-state index in [-0.39, 0.29) is 12.5 Å².